The topological polar surface area (TPSA) is 228 Å². The van der Waals surface area contributed by atoms with Gasteiger partial charge in [0.25, 0.3) is 0 Å². The summed E-state index contributed by atoms with van der Waals surface area (Å²) in [6.07, 6.45) is 26.7. The summed E-state index contributed by atoms with van der Waals surface area (Å²) in [6.45, 7) is 2.81. The first kappa shape index (κ1) is 61.8. The minimum atomic E-state index is -1.78. The number of ether oxygens (including phenoxy) is 4. The van der Waals surface area contributed by atoms with Crippen molar-refractivity contribution in [3.63, 3.8) is 0 Å². The maximum atomic E-state index is 13.2. The van der Waals surface area contributed by atoms with E-state index in [2.05, 4.69) is 19.2 Å². The maximum absolute atomic E-state index is 13.2. The van der Waals surface area contributed by atoms with Crippen LogP contribution in [0.3, 0.4) is 0 Å². The Morgan fingerprint density at radius 2 is 0.925 bits per heavy atom. The zero-order valence-corrected chi connectivity index (χ0v) is 42.2. The average Bonchev–Trinajstić information content (AvgIpc) is 3.32. The summed E-state index contributed by atoms with van der Waals surface area (Å²) in [7, 11) is 0. The maximum Gasteiger partial charge on any atom is 0.220 e. The van der Waals surface area contributed by atoms with Gasteiger partial charge >= 0.3 is 0 Å². The number of hydrogen-bond donors (Lipinski definition) is 9. The fourth-order valence-corrected chi connectivity index (χ4v) is 9.23. The van der Waals surface area contributed by atoms with Crippen molar-refractivity contribution in [1.82, 2.24) is 5.32 Å². The van der Waals surface area contributed by atoms with Gasteiger partial charge in [-0.15, -0.1) is 0 Å². The Morgan fingerprint density at radius 1 is 0.522 bits per heavy atom. The third-order valence-electron chi connectivity index (χ3n) is 13.7. The van der Waals surface area contributed by atoms with Crippen molar-refractivity contribution >= 4 is 5.91 Å². The summed E-state index contributed by atoms with van der Waals surface area (Å²) >= 11 is 0. The van der Waals surface area contributed by atoms with E-state index in [1.807, 2.05) is 6.08 Å². The van der Waals surface area contributed by atoms with Crippen LogP contribution in [0.15, 0.2) is 12.2 Å². The fraction of sp³-hybridized carbons (Fsp3) is 0.943. The molecule has 0 aromatic rings. The highest BCUT2D eigenvalue weighted by molar-refractivity contribution is 5.76. The molecule has 9 N–H and O–H groups in total. The van der Waals surface area contributed by atoms with Crippen LogP contribution in [-0.2, 0) is 23.7 Å². The third-order valence-corrected chi connectivity index (χ3v) is 13.7. The second kappa shape index (κ2) is 40.3. The van der Waals surface area contributed by atoms with Crippen LogP contribution in [0.5, 0.6) is 0 Å². The quantitative estimate of drug-likeness (QED) is 0.0209. The first-order chi connectivity index (χ1) is 32.6. The van der Waals surface area contributed by atoms with E-state index in [0.29, 0.717) is 6.42 Å². The van der Waals surface area contributed by atoms with Crippen LogP contribution in [0, 0.1) is 0 Å². The van der Waals surface area contributed by atoms with E-state index in [1.165, 1.54) is 161 Å². The van der Waals surface area contributed by atoms with Crippen molar-refractivity contribution in [3.8, 4) is 0 Å². The number of carbonyl (C=O) groups is 1. The Morgan fingerprint density at radius 3 is 1.37 bits per heavy atom. The molecule has 2 fully saturated rings. The Kier molecular flexibility index (Phi) is 37.2. The van der Waals surface area contributed by atoms with Crippen LogP contribution in [0.1, 0.15) is 226 Å². The largest absolute Gasteiger partial charge is 0.394 e. The second-order valence-electron chi connectivity index (χ2n) is 19.7. The van der Waals surface area contributed by atoms with Crippen LogP contribution < -0.4 is 5.32 Å². The normalized spacial score (nSPS) is 26.6. The van der Waals surface area contributed by atoms with Gasteiger partial charge in [0.15, 0.2) is 12.6 Å². The highest BCUT2D eigenvalue weighted by Gasteiger charge is 2.51. The van der Waals surface area contributed by atoms with Crippen molar-refractivity contribution in [2.75, 3.05) is 19.8 Å². The standard InChI is InChI=1S/C53H101NO13/c1-3-5-7-9-11-13-15-17-19-20-21-22-23-24-26-28-30-32-34-36-42(57)41(54-45(58)37-35-33-31-29-27-25-18-16-14-12-10-8-6-4-2)40-64-52-50(63)48(61)51(44(39-56)66-52)67-53-49(62)47(60)46(59)43(38-55)65-53/h34,36,41-44,46-53,55-57,59-63H,3-33,35,37-40H2,1-2H3,(H,54,58)/b36-34+. The molecule has 14 nitrogen and oxygen atoms in total. The van der Waals surface area contributed by atoms with E-state index in [0.717, 1.165) is 38.5 Å². The van der Waals surface area contributed by atoms with Crippen LogP contribution in [-0.4, -0.2) is 140 Å². The predicted octanol–water partition coefficient (Wildman–Crippen LogP) is 7.94. The molecule has 2 aliphatic heterocycles. The molecule has 0 aromatic carbocycles. The Labute approximate surface area is 406 Å². The molecule has 67 heavy (non-hydrogen) atoms. The summed E-state index contributed by atoms with van der Waals surface area (Å²) in [5.74, 6) is -0.237. The molecule has 2 aliphatic rings. The van der Waals surface area contributed by atoms with Gasteiger partial charge in [-0.05, 0) is 19.3 Å². The van der Waals surface area contributed by atoms with E-state index >= 15 is 0 Å². The number of aliphatic hydroxyl groups is 8. The zero-order valence-electron chi connectivity index (χ0n) is 42.2. The molecule has 0 spiro atoms. The van der Waals surface area contributed by atoms with Gasteiger partial charge in [0.1, 0.15) is 48.8 Å². The molecule has 1 amide bonds. The summed E-state index contributed by atoms with van der Waals surface area (Å²) in [5, 5.41) is 86.9. The number of aliphatic hydroxyl groups excluding tert-OH is 8. The van der Waals surface area contributed by atoms with E-state index < -0.39 is 86.8 Å². The smallest absolute Gasteiger partial charge is 0.220 e. The highest BCUT2D eigenvalue weighted by Crippen LogP contribution is 2.30. The molecule has 12 atom stereocenters. The van der Waals surface area contributed by atoms with E-state index in [4.69, 9.17) is 18.9 Å². The van der Waals surface area contributed by atoms with Crippen LogP contribution in [0.2, 0.25) is 0 Å². The van der Waals surface area contributed by atoms with E-state index in [1.54, 1.807) is 6.08 Å². The van der Waals surface area contributed by atoms with Crippen molar-refractivity contribution in [2.45, 2.75) is 299 Å². The van der Waals surface area contributed by atoms with E-state index in [9.17, 15) is 45.6 Å². The molecule has 12 unspecified atom stereocenters. The van der Waals surface area contributed by atoms with Crippen molar-refractivity contribution in [1.29, 1.82) is 0 Å². The van der Waals surface area contributed by atoms with Gasteiger partial charge < -0.3 is 65.1 Å². The predicted molar refractivity (Wildman–Crippen MR) is 263 cm³/mol. The molecule has 2 heterocycles. The monoisotopic (exact) mass is 960 g/mol. The SMILES string of the molecule is CCCCCCCCCCCCCCCCCCC/C=C/C(O)C(COC1OC(CO)C(OC2OC(CO)C(O)C(O)C2O)C(O)C1O)NC(=O)CCCCCCCCCCCCCCCC. The molecule has 396 valence electrons. The lowest BCUT2D eigenvalue weighted by Crippen LogP contribution is -2.65. The van der Waals surface area contributed by atoms with Crippen molar-refractivity contribution in [2.24, 2.45) is 0 Å². The molecule has 2 rings (SSSR count). The molecule has 14 heteroatoms. The number of hydrogen-bond acceptors (Lipinski definition) is 13. The first-order valence-corrected chi connectivity index (χ1v) is 27.4. The second-order valence-corrected chi connectivity index (χ2v) is 19.7. The van der Waals surface area contributed by atoms with Gasteiger partial charge in [-0.3, -0.25) is 4.79 Å². The number of carbonyl (C=O) groups excluding carboxylic acids is 1. The van der Waals surface area contributed by atoms with Crippen molar-refractivity contribution in [3.05, 3.63) is 12.2 Å². The third kappa shape index (κ3) is 27.2. The number of unbranched alkanes of at least 4 members (excludes halogenated alkanes) is 30. The molecule has 2 saturated heterocycles. The van der Waals surface area contributed by atoms with Gasteiger partial charge in [0.2, 0.25) is 5.91 Å². The summed E-state index contributed by atoms with van der Waals surface area (Å²) in [6, 6.07) is -0.908. The van der Waals surface area contributed by atoms with Crippen LogP contribution in [0.25, 0.3) is 0 Å². The summed E-state index contributed by atoms with van der Waals surface area (Å²) in [5.41, 5.74) is 0. The van der Waals surface area contributed by atoms with Gasteiger partial charge in [0, 0.05) is 6.42 Å². The van der Waals surface area contributed by atoms with Crippen molar-refractivity contribution < 1.29 is 64.6 Å². The lowest BCUT2D eigenvalue weighted by Gasteiger charge is -2.46. The van der Waals surface area contributed by atoms with Gasteiger partial charge in [0.05, 0.1) is 32.0 Å². The Balaban J connectivity index is 1.81. The number of rotatable bonds is 43. The fourth-order valence-electron chi connectivity index (χ4n) is 9.23. The zero-order chi connectivity index (χ0) is 48.9. The minimum Gasteiger partial charge on any atom is -0.394 e. The lowest BCUT2D eigenvalue weighted by atomic mass is 9.97. The highest BCUT2D eigenvalue weighted by atomic mass is 16.7. The molecule has 0 radical (unpaired) electrons. The average molecular weight is 960 g/mol. The summed E-state index contributed by atoms with van der Waals surface area (Å²) < 4.78 is 22.7. The van der Waals surface area contributed by atoms with Crippen LogP contribution >= 0.6 is 0 Å². The molecule has 0 aliphatic carbocycles. The Bertz CT molecular complexity index is 1180. The molecule has 0 aromatic heterocycles. The molecule has 0 bridgehead atoms. The van der Waals surface area contributed by atoms with Gasteiger partial charge in [-0.1, -0.05) is 212 Å². The number of amides is 1. The first-order valence-electron chi connectivity index (χ1n) is 27.4. The van der Waals surface area contributed by atoms with Gasteiger partial charge in [-0.25, -0.2) is 0 Å². The van der Waals surface area contributed by atoms with Crippen LogP contribution in [0.4, 0.5) is 0 Å². The molecule has 0 saturated carbocycles. The van der Waals surface area contributed by atoms with Gasteiger partial charge in [-0.2, -0.15) is 0 Å². The molecular weight excluding hydrogens is 859 g/mol. The number of nitrogens with one attached hydrogen (secondary N) is 1. The van der Waals surface area contributed by atoms with E-state index in [-0.39, 0.29) is 18.9 Å². The Hall–Kier alpha value is -1.27. The summed E-state index contributed by atoms with van der Waals surface area (Å²) in [4.78, 5) is 13.2. The lowest BCUT2D eigenvalue weighted by molar-refractivity contribution is -0.359. The number of allylic oxidation sites excluding steroid dienone is 1. The molecular formula is C53H101NO13. The minimum absolute atomic E-state index is 0.237.